The molecule has 0 saturated heterocycles. The number of amides is 1. The van der Waals surface area contributed by atoms with Gasteiger partial charge in [-0.1, -0.05) is 6.92 Å². The predicted octanol–water partition coefficient (Wildman–Crippen LogP) is 1.28. The minimum absolute atomic E-state index is 0.166. The van der Waals surface area contributed by atoms with Crippen LogP contribution in [0, 0.1) is 6.92 Å². The number of hydrogen-bond donors (Lipinski definition) is 1. The third kappa shape index (κ3) is 4.13. The standard InChI is InChI=1S/C17H21N3O4/c1-4-9-24-13-5-6-14(12(2)10-13)18-15(21)11-20-8-7-16(22)19(3)17(20)23/h5-8,10H,4,9,11H2,1-3H3,(H,18,21). The lowest BCUT2D eigenvalue weighted by Gasteiger charge is -2.12. The molecule has 0 bridgehead atoms. The molecule has 0 unspecified atom stereocenters. The fourth-order valence-corrected chi connectivity index (χ4v) is 2.17. The number of hydrogen-bond acceptors (Lipinski definition) is 4. The molecule has 0 aliphatic heterocycles. The molecule has 24 heavy (non-hydrogen) atoms. The fourth-order valence-electron chi connectivity index (χ4n) is 2.17. The van der Waals surface area contributed by atoms with Gasteiger partial charge < -0.3 is 10.1 Å². The summed E-state index contributed by atoms with van der Waals surface area (Å²) in [5.41, 5.74) is 0.583. The molecule has 0 radical (unpaired) electrons. The normalized spacial score (nSPS) is 10.5. The zero-order valence-corrected chi connectivity index (χ0v) is 14.0. The van der Waals surface area contributed by atoms with Crippen LogP contribution in [-0.4, -0.2) is 21.6 Å². The highest BCUT2D eigenvalue weighted by atomic mass is 16.5. The number of aromatic nitrogens is 2. The van der Waals surface area contributed by atoms with Crippen molar-refractivity contribution in [2.24, 2.45) is 7.05 Å². The highest BCUT2D eigenvalue weighted by Crippen LogP contribution is 2.21. The first kappa shape index (κ1) is 17.5. The van der Waals surface area contributed by atoms with Crippen molar-refractivity contribution in [2.45, 2.75) is 26.8 Å². The molecule has 0 spiro atoms. The van der Waals surface area contributed by atoms with Crippen LogP contribution in [0.25, 0.3) is 0 Å². The number of benzene rings is 1. The number of nitrogens with one attached hydrogen (secondary N) is 1. The molecule has 0 fully saturated rings. The lowest BCUT2D eigenvalue weighted by molar-refractivity contribution is -0.116. The van der Waals surface area contributed by atoms with E-state index in [2.05, 4.69) is 5.32 Å². The van der Waals surface area contributed by atoms with Crippen molar-refractivity contribution in [3.8, 4) is 5.75 Å². The molecule has 7 heteroatoms. The van der Waals surface area contributed by atoms with Crippen LogP contribution in [0.1, 0.15) is 18.9 Å². The average Bonchev–Trinajstić information content (AvgIpc) is 2.56. The fraction of sp³-hybridized carbons (Fsp3) is 0.353. The van der Waals surface area contributed by atoms with Gasteiger partial charge in [0.05, 0.1) is 6.61 Å². The van der Waals surface area contributed by atoms with E-state index in [0.29, 0.717) is 12.3 Å². The first-order valence-corrected chi connectivity index (χ1v) is 7.72. The Kier molecular flexibility index (Phi) is 5.57. The lowest BCUT2D eigenvalue weighted by Crippen LogP contribution is -2.39. The van der Waals surface area contributed by atoms with E-state index >= 15 is 0 Å². The van der Waals surface area contributed by atoms with Gasteiger partial charge in [-0.2, -0.15) is 0 Å². The topological polar surface area (TPSA) is 82.3 Å². The molecule has 1 N–H and O–H groups in total. The molecule has 0 atom stereocenters. The predicted molar refractivity (Wildman–Crippen MR) is 91.5 cm³/mol. The maximum absolute atomic E-state index is 12.2. The molecular weight excluding hydrogens is 310 g/mol. The molecule has 1 heterocycles. The van der Waals surface area contributed by atoms with E-state index in [1.54, 1.807) is 12.1 Å². The maximum Gasteiger partial charge on any atom is 0.331 e. The van der Waals surface area contributed by atoms with Gasteiger partial charge in [0.1, 0.15) is 12.3 Å². The minimum Gasteiger partial charge on any atom is -0.494 e. The number of rotatable bonds is 6. The SMILES string of the molecule is CCCOc1ccc(NC(=O)Cn2ccc(=O)n(C)c2=O)c(C)c1. The minimum atomic E-state index is -0.530. The summed E-state index contributed by atoms with van der Waals surface area (Å²) in [6.07, 6.45) is 2.24. The second kappa shape index (κ2) is 7.63. The summed E-state index contributed by atoms with van der Waals surface area (Å²) in [6, 6.07) is 6.65. The number of ether oxygens (including phenoxy) is 1. The Hall–Kier alpha value is -2.83. The van der Waals surface area contributed by atoms with Gasteiger partial charge in [0.15, 0.2) is 0 Å². The quantitative estimate of drug-likeness (QED) is 0.864. The Morgan fingerprint density at radius 1 is 1.25 bits per heavy atom. The van der Waals surface area contributed by atoms with Crippen LogP contribution < -0.4 is 21.3 Å². The number of nitrogens with zero attached hydrogens (tertiary/aromatic N) is 2. The van der Waals surface area contributed by atoms with E-state index in [0.717, 1.165) is 22.3 Å². The van der Waals surface area contributed by atoms with Gasteiger partial charge in [-0.05, 0) is 37.1 Å². The highest BCUT2D eigenvalue weighted by Gasteiger charge is 2.09. The Balaban J connectivity index is 2.09. The van der Waals surface area contributed by atoms with E-state index in [1.807, 2.05) is 19.9 Å². The Labute approximate surface area is 139 Å². The van der Waals surface area contributed by atoms with Crippen molar-refractivity contribution >= 4 is 11.6 Å². The largest absolute Gasteiger partial charge is 0.494 e. The van der Waals surface area contributed by atoms with Crippen LogP contribution in [0.5, 0.6) is 5.75 Å². The summed E-state index contributed by atoms with van der Waals surface area (Å²) in [5, 5.41) is 2.76. The van der Waals surface area contributed by atoms with Crippen LogP contribution in [0.2, 0.25) is 0 Å². The zero-order chi connectivity index (χ0) is 17.7. The van der Waals surface area contributed by atoms with Gasteiger partial charge in [-0.3, -0.25) is 18.7 Å². The smallest absolute Gasteiger partial charge is 0.331 e. The van der Waals surface area contributed by atoms with Crippen LogP contribution in [0.4, 0.5) is 5.69 Å². The van der Waals surface area contributed by atoms with Gasteiger partial charge in [-0.25, -0.2) is 4.79 Å². The molecule has 2 aromatic rings. The molecule has 0 saturated carbocycles. The molecule has 0 aliphatic rings. The summed E-state index contributed by atoms with van der Waals surface area (Å²) in [4.78, 5) is 35.4. The van der Waals surface area contributed by atoms with Gasteiger partial charge in [0.25, 0.3) is 5.56 Å². The zero-order valence-electron chi connectivity index (χ0n) is 14.0. The van der Waals surface area contributed by atoms with Crippen molar-refractivity contribution < 1.29 is 9.53 Å². The third-order valence-electron chi connectivity index (χ3n) is 3.52. The number of aryl methyl sites for hydroxylation is 1. The van der Waals surface area contributed by atoms with E-state index in [1.165, 1.54) is 23.9 Å². The molecular formula is C17H21N3O4. The molecule has 1 amide bonds. The van der Waals surface area contributed by atoms with Crippen molar-refractivity contribution in [3.05, 3.63) is 56.9 Å². The third-order valence-corrected chi connectivity index (χ3v) is 3.52. The second-order valence-corrected chi connectivity index (χ2v) is 5.50. The summed E-state index contributed by atoms with van der Waals surface area (Å²) in [6.45, 7) is 4.37. The lowest BCUT2D eigenvalue weighted by atomic mass is 10.2. The van der Waals surface area contributed by atoms with Crippen LogP contribution in [0.3, 0.4) is 0 Å². The Bertz CT molecular complexity index is 852. The van der Waals surface area contributed by atoms with Crippen LogP contribution >= 0.6 is 0 Å². The monoisotopic (exact) mass is 331 g/mol. The van der Waals surface area contributed by atoms with Gasteiger partial charge in [-0.15, -0.1) is 0 Å². The van der Waals surface area contributed by atoms with Gasteiger partial charge >= 0.3 is 5.69 Å². The molecule has 2 rings (SSSR count). The molecule has 1 aromatic heterocycles. The second-order valence-electron chi connectivity index (χ2n) is 5.50. The summed E-state index contributed by atoms with van der Waals surface area (Å²) in [5.74, 6) is 0.405. The van der Waals surface area contributed by atoms with Gasteiger partial charge in [0.2, 0.25) is 5.91 Å². The first-order valence-electron chi connectivity index (χ1n) is 7.72. The van der Waals surface area contributed by atoms with Crippen molar-refractivity contribution in [2.75, 3.05) is 11.9 Å². The number of anilines is 1. The van der Waals surface area contributed by atoms with Crippen LogP contribution in [-0.2, 0) is 18.4 Å². The van der Waals surface area contributed by atoms with E-state index < -0.39 is 11.2 Å². The first-order chi connectivity index (χ1) is 11.4. The Morgan fingerprint density at radius 3 is 2.67 bits per heavy atom. The van der Waals surface area contributed by atoms with E-state index in [4.69, 9.17) is 4.74 Å². The number of carbonyl (C=O) groups excluding carboxylic acids is 1. The maximum atomic E-state index is 12.2. The Morgan fingerprint density at radius 2 is 2.00 bits per heavy atom. The van der Waals surface area contributed by atoms with Crippen molar-refractivity contribution in [1.82, 2.24) is 9.13 Å². The number of carbonyl (C=O) groups is 1. The van der Waals surface area contributed by atoms with E-state index in [-0.39, 0.29) is 12.5 Å². The van der Waals surface area contributed by atoms with Crippen molar-refractivity contribution in [1.29, 1.82) is 0 Å². The van der Waals surface area contributed by atoms with Crippen molar-refractivity contribution in [3.63, 3.8) is 0 Å². The molecule has 1 aromatic carbocycles. The molecule has 7 nitrogen and oxygen atoms in total. The average molecular weight is 331 g/mol. The summed E-state index contributed by atoms with van der Waals surface area (Å²) in [7, 11) is 1.37. The van der Waals surface area contributed by atoms with E-state index in [9.17, 15) is 14.4 Å². The molecule has 128 valence electrons. The molecule has 0 aliphatic carbocycles. The summed E-state index contributed by atoms with van der Waals surface area (Å²) >= 11 is 0. The van der Waals surface area contributed by atoms with Crippen LogP contribution in [0.15, 0.2) is 40.1 Å². The summed E-state index contributed by atoms with van der Waals surface area (Å²) < 4.78 is 7.68. The van der Waals surface area contributed by atoms with Gasteiger partial charge in [0, 0.05) is 25.0 Å². The highest BCUT2D eigenvalue weighted by molar-refractivity contribution is 5.91.